The van der Waals surface area contributed by atoms with Crippen LogP contribution in [0.3, 0.4) is 0 Å². The highest BCUT2D eigenvalue weighted by molar-refractivity contribution is 5.10. The number of aromatic nitrogens is 2. The summed E-state index contributed by atoms with van der Waals surface area (Å²) in [5.74, 6) is 1.17. The summed E-state index contributed by atoms with van der Waals surface area (Å²) >= 11 is 0. The third-order valence-electron chi connectivity index (χ3n) is 4.80. The Morgan fingerprint density at radius 2 is 2.05 bits per heavy atom. The van der Waals surface area contributed by atoms with Crippen LogP contribution in [0.4, 0.5) is 0 Å². The van der Waals surface area contributed by atoms with Crippen molar-refractivity contribution in [1.29, 1.82) is 0 Å². The van der Waals surface area contributed by atoms with Crippen molar-refractivity contribution in [2.24, 2.45) is 0 Å². The summed E-state index contributed by atoms with van der Waals surface area (Å²) in [7, 11) is 2.06. The summed E-state index contributed by atoms with van der Waals surface area (Å²) in [4.78, 5) is 7.26. The first-order chi connectivity index (χ1) is 9.17. The van der Waals surface area contributed by atoms with Gasteiger partial charge in [-0.15, -0.1) is 0 Å². The van der Waals surface area contributed by atoms with Crippen LogP contribution in [-0.2, 0) is 6.54 Å². The van der Waals surface area contributed by atoms with E-state index in [9.17, 15) is 0 Å². The van der Waals surface area contributed by atoms with E-state index >= 15 is 0 Å². The average Bonchev–Trinajstić information content (AvgIpc) is 3.10. The number of aryl methyl sites for hydroxylation is 1. The molecule has 1 aromatic heterocycles. The van der Waals surface area contributed by atoms with Crippen molar-refractivity contribution < 1.29 is 0 Å². The van der Waals surface area contributed by atoms with E-state index in [-0.39, 0.29) is 11.6 Å². The molecule has 0 radical (unpaired) electrons. The van der Waals surface area contributed by atoms with E-state index in [1.165, 1.54) is 31.8 Å². The zero-order valence-electron chi connectivity index (χ0n) is 12.8. The van der Waals surface area contributed by atoms with Gasteiger partial charge in [-0.05, 0) is 53.2 Å². The standard InChI is InChI=1S/C15H28N4/c1-5-15(3,19-10-7-8-11-19)13(16-4)14-17-9-12-18(14)6-2/h9,12-13,16H,5-8,10-11H2,1-4H3. The minimum absolute atomic E-state index is 0.142. The highest BCUT2D eigenvalue weighted by Crippen LogP contribution is 2.35. The van der Waals surface area contributed by atoms with Gasteiger partial charge in [-0.3, -0.25) is 4.90 Å². The Hall–Kier alpha value is -0.870. The van der Waals surface area contributed by atoms with Crippen molar-refractivity contribution in [3.63, 3.8) is 0 Å². The van der Waals surface area contributed by atoms with E-state index in [0.29, 0.717) is 0 Å². The molecule has 1 aliphatic heterocycles. The summed E-state index contributed by atoms with van der Waals surface area (Å²) in [6, 6.07) is 0.283. The first-order valence-corrected chi connectivity index (χ1v) is 7.60. The molecule has 19 heavy (non-hydrogen) atoms. The van der Waals surface area contributed by atoms with Crippen LogP contribution in [0.5, 0.6) is 0 Å². The smallest absolute Gasteiger partial charge is 0.127 e. The molecule has 2 atom stereocenters. The fourth-order valence-corrected chi connectivity index (χ4v) is 3.40. The summed E-state index contributed by atoms with van der Waals surface area (Å²) in [6.07, 6.45) is 7.79. The molecule has 2 heterocycles. The SMILES string of the molecule is CCn1ccnc1C(NC)C(C)(CC)N1CCCC1. The van der Waals surface area contributed by atoms with Gasteiger partial charge in [0.05, 0.1) is 6.04 Å². The molecule has 0 aromatic carbocycles. The third-order valence-corrected chi connectivity index (χ3v) is 4.80. The monoisotopic (exact) mass is 264 g/mol. The van der Waals surface area contributed by atoms with E-state index in [1.807, 2.05) is 6.20 Å². The maximum Gasteiger partial charge on any atom is 0.127 e. The van der Waals surface area contributed by atoms with Crippen LogP contribution < -0.4 is 5.32 Å². The van der Waals surface area contributed by atoms with E-state index in [0.717, 1.165) is 13.0 Å². The lowest BCUT2D eigenvalue weighted by Gasteiger charge is -2.44. The third kappa shape index (κ3) is 2.56. The molecule has 1 aliphatic rings. The number of likely N-dealkylation sites (tertiary alicyclic amines) is 1. The van der Waals surface area contributed by atoms with Gasteiger partial charge < -0.3 is 9.88 Å². The lowest BCUT2D eigenvalue weighted by molar-refractivity contribution is 0.0823. The largest absolute Gasteiger partial charge is 0.334 e. The minimum Gasteiger partial charge on any atom is -0.334 e. The fourth-order valence-electron chi connectivity index (χ4n) is 3.40. The van der Waals surface area contributed by atoms with Crippen molar-refractivity contribution >= 4 is 0 Å². The van der Waals surface area contributed by atoms with E-state index in [1.54, 1.807) is 0 Å². The van der Waals surface area contributed by atoms with Gasteiger partial charge in [-0.2, -0.15) is 0 Å². The number of rotatable bonds is 6. The molecular formula is C15H28N4. The van der Waals surface area contributed by atoms with Gasteiger partial charge in [0.2, 0.25) is 0 Å². The summed E-state index contributed by atoms with van der Waals surface area (Å²) in [5.41, 5.74) is 0.142. The van der Waals surface area contributed by atoms with E-state index in [4.69, 9.17) is 0 Å². The van der Waals surface area contributed by atoms with Crippen molar-refractivity contribution in [1.82, 2.24) is 19.8 Å². The Balaban J connectivity index is 2.32. The molecule has 0 spiro atoms. The molecule has 1 aromatic rings. The van der Waals surface area contributed by atoms with Gasteiger partial charge in [0, 0.05) is 24.5 Å². The van der Waals surface area contributed by atoms with Crippen LogP contribution in [0.25, 0.3) is 0 Å². The maximum absolute atomic E-state index is 4.62. The first-order valence-electron chi connectivity index (χ1n) is 7.60. The molecule has 0 bridgehead atoms. The van der Waals surface area contributed by atoms with Gasteiger partial charge in [0.15, 0.2) is 0 Å². The Morgan fingerprint density at radius 1 is 1.37 bits per heavy atom. The average molecular weight is 264 g/mol. The Bertz CT molecular complexity index is 395. The zero-order valence-corrected chi connectivity index (χ0v) is 12.8. The quantitative estimate of drug-likeness (QED) is 0.856. The number of likely N-dealkylation sites (N-methyl/N-ethyl adjacent to an activating group) is 1. The molecule has 4 heteroatoms. The molecule has 0 aliphatic carbocycles. The normalized spacial score (nSPS) is 21.5. The maximum atomic E-state index is 4.62. The van der Waals surface area contributed by atoms with Gasteiger partial charge >= 0.3 is 0 Å². The number of imidazole rings is 1. The van der Waals surface area contributed by atoms with Gasteiger partial charge in [0.1, 0.15) is 5.82 Å². The fraction of sp³-hybridized carbons (Fsp3) is 0.800. The molecule has 1 saturated heterocycles. The van der Waals surface area contributed by atoms with Gasteiger partial charge in [-0.25, -0.2) is 4.98 Å². The minimum atomic E-state index is 0.142. The first kappa shape index (κ1) is 14.5. The number of hydrogen-bond donors (Lipinski definition) is 1. The highest BCUT2D eigenvalue weighted by atomic mass is 15.3. The summed E-state index contributed by atoms with van der Waals surface area (Å²) in [6.45, 7) is 10.3. The van der Waals surface area contributed by atoms with Crippen molar-refractivity contribution in [2.45, 2.75) is 58.2 Å². The second-order valence-corrected chi connectivity index (χ2v) is 5.70. The molecule has 1 fully saturated rings. The molecule has 1 N–H and O–H groups in total. The molecule has 4 nitrogen and oxygen atoms in total. The predicted octanol–water partition coefficient (Wildman–Crippen LogP) is 2.43. The zero-order chi connectivity index (χ0) is 13.9. The molecular weight excluding hydrogens is 236 g/mol. The van der Waals surface area contributed by atoms with Gasteiger partial charge in [0.25, 0.3) is 0 Å². The summed E-state index contributed by atoms with van der Waals surface area (Å²) < 4.78 is 2.26. The van der Waals surface area contributed by atoms with Crippen LogP contribution in [0.1, 0.15) is 51.9 Å². The number of hydrogen-bond acceptors (Lipinski definition) is 3. The second-order valence-electron chi connectivity index (χ2n) is 5.70. The lowest BCUT2D eigenvalue weighted by Crippen LogP contribution is -2.53. The second kappa shape index (κ2) is 6.06. The number of nitrogens with zero attached hydrogens (tertiary/aromatic N) is 3. The summed E-state index contributed by atoms with van der Waals surface area (Å²) in [5, 5.41) is 3.52. The van der Waals surface area contributed by atoms with Crippen LogP contribution in [0, 0.1) is 0 Å². The van der Waals surface area contributed by atoms with Crippen molar-refractivity contribution in [2.75, 3.05) is 20.1 Å². The van der Waals surface area contributed by atoms with E-state index in [2.05, 4.69) is 53.8 Å². The van der Waals surface area contributed by atoms with Crippen LogP contribution in [-0.4, -0.2) is 40.1 Å². The van der Waals surface area contributed by atoms with E-state index < -0.39 is 0 Å². The topological polar surface area (TPSA) is 33.1 Å². The Kier molecular flexibility index (Phi) is 4.63. The lowest BCUT2D eigenvalue weighted by atomic mass is 9.86. The van der Waals surface area contributed by atoms with Crippen molar-refractivity contribution in [3.05, 3.63) is 18.2 Å². The molecule has 2 unspecified atom stereocenters. The van der Waals surface area contributed by atoms with Crippen molar-refractivity contribution in [3.8, 4) is 0 Å². The van der Waals surface area contributed by atoms with Crippen LogP contribution >= 0.6 is 0 Å². The molecule has 0 amide bonds. The Labute approximate surface area is 117 Å². The number of nitrogens with one attached hydrogen (secondary N) is 1. The highest BCUT2D eigenvalue weighted by Gasteiger charge is 2.41. The molecule has 108 valence electrons. The Morgan fingerprint density at radius 3 is 2.58 bits per heavy atom. The van der Waals surface area contributed by atoms with Crippen LogP contribution in [0.2, 0.25) is 0 Å². The van der Waals surface area contributed by atoms with Gasteiger partial charge in [-0.1, -0.05) is 6.92 Å². The molecule has 0 saturated carbocycles. The van der Waals surface area contributed by atoms with Crippen LogP contribution in [0.15, 0.2) is 12.4 Å². The molecule has 2 rings (SSSR count). The predicted molar refractivity (Wildman–Crippen MR) is 79.2 cm³/mol.